The fourth-order valence-electron chi connectivity index (χ4n) is 2.85. The summed E-state index contributed by atoms with van der Waals surface area (Å²) in [5.74, 6) is 0.776. The first kappa shape index (κ1) is 16.7. The third-order valence-electron chi connectivity index (χ3n) is 4.13. The third-order valence-corrected chi connectivity index (χ3v) is 4.81. The van der Waals surface area contributed by atoms with Gasteiger partial charge in [0.05, 0.1) is 0 Å². The van der Waals surface area contributed by atoms with Crippen LogP contribution in [0.5, 0.6) is 0 Å². The van der Waals surface area contributed by atoms with Gasteiger partial charge in [-0.3, -0.25) is 9.59 Å². The SMILES string of the molecule is Cn1ccnc1C1CNCCN1C(=O)CCNC(=O)c1ccsc1. The topological polar surface area (TPSA) is 79.3 Å². The van der Waals surface area contributed by atoms with Gasteiger partial charge in [0.1, 0.15) is 11.9 Å². The molecule has 2 aromatic heterocycles. The van der Waals surface area contributed by atoms with Gasteiger partial charge in [0.15, 0.2) is 0 Å². The van der Waals surface area contributed by atoms with Crippen molar-refractivity contribution in [1.29, 1.82) is 0 Å². The second-order valence-electron chi connectivity index (χ2n) is 5.72. The predicted molar refractivity (Wildman–Crippen MR) is 91.8 cm³/mol. The van der Waals surface area contributed by atoms with E-state index in [0.717, 1.165) is 12.4 Å². The molecule has 2 N–H and O–H groups in total. The van der Waals surface area contributed by atoms with Crippen LogP contribution in [0.25, 0.3) is 0 Å². The lowest BCUT2D eigenvalue weighted by atomic mass is 10.1. The van der Waals surface area contributed by atoms with Gasteiger partial charge in [0.2, 0.25) is 5.91 Å². The molecule has 2 amide bonds. The van der Waals surface area contributed by atoms with E-state index in [4.69, 9.17) is 0 Å². The first-order chi connectivity index (χ1) is 11.7. The maximum Gasteiger partial charge on any atom is 0.252 e. The van der Waals surface area contributed by atoms with E-state index in [1.54, 1.807) is 17.6 Å². The number of rotatable bonds is 5. The molecule has 0 bridgehead atoms. The fraction of sp³-hybridized carbons (Fsp3) is 0.438. The van der Waals surface area contributed by atoms with Crippen molar-refractivity contribution >= 4 is 23.2 Å². The number of carbonyl (C=O) groups is 2. The van der Waals surface area contributed by atoms with Gasteiger partial charge in [-0.15, -0.1) is 0 Å². The lowest BCUT2D eigenvalue weighted by molar-refractivity contribution is -0.134. The van der Waals surface area contributed by atoms with Crippen LogP contribution in [0.4, 0.5) is 0 Å². The van der Waals surface area contributed by atoms with Crippen LogP contribution in [0, 0.1) is 0 Å². The molecule has 1 saturated heterocycles. The number of hydrogen-bond donors (Lipinski definition) is 2. The summed E-state index contributed by atoms with van der Waals surface area (Å²) in [6, 6.07) is 1.70. The van der Waals surface area contributed by atoms with Crippen molar-refractivity contribution in [3.8, 4) is 0 Å². The highest BCUT2D eigenvalue weighted by molar-refractivity contribution is 7.08. The van der Waals surface area contributed by atoms with E-state index in [1.165, 1.54) is 11.3 Å². The van der Waals surface area contributed by atoms with E-state index in [9.17, 15) is 9.59 Å². The van der Waals surface area contributed by atoms with Crippen LogP contribution < -0.4 is 10.6 Å². The summed E-state index contributed by atoms with van der Waals surface area (Å²) < 4.78 is 1.94. The Hall–Kier alpha value is -2.19. The molecule has 1 aliphatic heterocycles. The van der Waals surface area contributed by atoms with Crippen molar-refractivity contribution < 1.29 is 9.59 Å². The molecule has 24 heavy (non-hydrogen) atoms. The smallest absolute Gasteiger partial charge is 0.252 e. The van der Waals surface area contributed by atoms with Crippen molar-refractivity contribution in [2.75, 3.05) is 26.2 Å². The number of imidazole rings is 1. The third kappa shape index (κ3) is 3.65. The van der Waals surface area contributed by atoms with Gasteiger partial charge in [0, 0.05) is 63.0 Å². The monoisotopic (exact) mass is 347 g/mol. The zero-order valence-corrected chi connectivity index (χ0v) is 14.4. The second-order valence-corrected chi connectivity index (χ2v) is 6.50. The Labute approximate surface area is 144 Å². The fourth-order valence-corrected chi connectivity index (χ4v) is 3.49. The van der Waals surface area contributed by atoms with Crippen LogP contribution in [0.15, 0.2) is 29.2 Å². The molecule has 8 heteroatoms. The van der Waals surface area contributed by atoms with Crippen LogP contribution in [0.2, 0.25) is 0 Å². The molecule has 1 unspecified atom stereocenters. The number of thiophene rings is 1. The molecule has 3 heterocycles. The predicted octanol–water partition coefficient (Wildman–Crippen LogP) is 0.775. The number of piperazine rings is 1. The highest BCUT2D eigenvalue weighted by atomic mass is 32.1. The molecular weight excluding hydrogens is 326 g/mol. The van der Waals surface area contributed by atoms with Crippen molar-refractivity contribution in [3.05, 3.63) is 40.6 Å². The van der Waals surface area contributed by atoms with Crippen LogP contribution in [0.1, 0.15) is 28.6 Å². The van der Waals surface area contributed by atoms with Crippen LogP contribution in [0.3, 0.4) is 0 Å². The normalized spacial score (nSPS) is 17.7. The molecule has 128 valence electrons. The van der Waals surface area contributed by atoms with Gasteiger partial charge in [-0.2, -0.15) is 11.3 Å². The quantitative estimate of drug-likeness (QED) is 0.838. The minimum Gasteiger partial charge on any atom is -0.351 e. The molecule has 0 radical (unpaired) electrons. The summed E-state index contributed by atoms with van der Waals surface area (Å²) in [7, 11) is 1.93. The Bertz CT molecular complexity index is 697. The van der Waals surface area contributed by atoms with Crippen LogP contribution in [-0.2, 0) is 11.8 Å². The van der Waals surface area contributed by atoms with E-state index >= 15 is 0 Å². The Morgan fingerprint density at radius 3 is 3.08 bits per heavy atom. The van der Waals surface area contributed by atoms with E-state index in [2.05, 4.69) is 15.6 Å². The lowest BCUT2D eigenvalue weighted by Gasteiger charge is -2.35. The summed E-state index contributed by atoms with van der Waals surface area (Å²) in [6.45, 7) is 2.45. The van der Waals surface area contributed by atoms with Gasteiger partial charge in [-0.1, -0.05) is 0 Å². The molecule has 3 rings (SSSR count). The average molecular weight is 347 g/mol. The first-order valence-electron chi connectivity index (χ1n) is 7.94. The maximum absolute atomic E-state index is 12.6. The molecule has 0 aromatic carbocycles. The Kier molecular flexibility index (Phi) is 5.27. The Morgan fingerprint density at radius 2 is 2.38 bits per heavy atom. The molecule has 0 aliphatic carbocycles. The minimum atomic E-state index is -0.134. The van der Waals surface area contributed by atoms with E-state index in [0.29, 0.717) is 25.2 Å². The van der Waals surface area contributed by atoms with Gasteiger partial charge in [-0.25, -0.2) is 4.98 Å². The molecular formula is C16H21N5O2S. The van der Waals surface area contributed by atoms with Crippen molar-refractivity contribution in [2.45, 2.75) is 12.5 Å². The Balaban J connectivity index is 1.56. The van der Waals surface area contributed by atoms with Crippen molar-refractivity contribution in [1.82, 2.24) is 25.1 Å². The number of aryl methyl sites for hydroxylation is 1. The highest BCUT2D eigenvalue weighted by Crippen LogP contribution is 2.21. The van der Waals surface area contributed by atoms with E-state index in [-0.39, 0.29) is 24.3 Å². The number of nitrogens with zero attached hydrogens (tertiary/aromatic N) is 3. The summed E-state index contributed by atoms with van der Waals surface area (Å²) in [4.78, 5) is 30.7. The summed E-state index contributed by atoms with van der Waals surface area (Å²) in [6.07, 6.45) is 3.91. The van der Waals surface area contributed by atoms with Gasteiger partial charge in [-0.05, 0) is 11.4 Å². The molecule has 1 atom stereocenters. The largest absolute Gasteiger partial charge is 0.351 e. The summed E-state index contributed by atoms with van der Waals surface area (Å²) in [5, 5.41) is 9.77. The van der Waals surface area contributed by atoms with Crippen LogP contribution >= 0.6 is 11.3 Å². The highest BCUT2D eigenvalue weighted by Gasteiger charge is 2.30. The standard InChI is InChI=1S/C16H21N5O2S/c1-20-7-6-18-15(20)13-10-17-5-8-21(13)14(22)2-4-19-16(23)12-3-9-24-11-12/h3,6-7,9,11,13,17H,2,4-5,8,10H2,1H3,(H,19,23). The molecule has 1 aliphatic rings. The zero-order valence-electron chi connectivity index (χ0n) is 13.6. The molecule has 0 saturated carbocycles. The number of hydrogen-bond acceptors (Lipinski definition) is 5. The first-order valence-corrected chi connectivity index (χ1v) is 8.89. The van der Waals surface area contributed by atoms with E-state index < -0.39 is 0 Å². The number of nitrogens with one attached hydrogen (secondary N) is 2. The van der Waals surface area contributed by atoms with Crippen molar-refractivity contribution in [3.63, 3.8) is 0 Å². The van der Waals surface area contributed by atoms with Gasteiger partial charge in [0.25, 0.3) is 5.91 Å². The van der Waals surface area contributed by atoms with E-state index in [1.807, 2.05) is 28.1 Å². The van der Waals surface area contributed by atoms with Gasteiger partial charge < -0.3 is 20.1 Å². The zero-order chi connectivity index (χ0) is 16.9. The van der Waals surface area contributed by atoms with Crippen molar-refractivity contribution in [2.24, 2.45) is 7.05 Å². The average Bonchev–Trinajstić information content (AvgIpc) is 3.26. The maximum atomic E-state index is 12.6. The Morgan fingerprint density at radius 1 is 1.50 bits per heavy atom. The molecule has 0 spiro atoms. The lowest BCUT2D eigenvalue weighted by Crippen LogP contribution is -2.50. The second kappa shape index (κ2) is 7.59. The molecule has 7 nitrogen and oxygen atoms in total. The van der Waals surface area contributed by atoms with Gasteiger partial charge >= 0.3 is 0 Å². The summed E-state index contributed by atoms with van der Waals surface area (Å²) in [5.41, 5.74) is 0.639. The minimum absolute atomic E-state index is 0.0371. The summed E-state index contributed by atoms with van der Waals surface area (Å²) >= 11 is 1.48. The number of amides is 2. The molecule has 2 aromatic rings. The number of aromatic nitrogens is 2. The van der Waals surface area contributed by atoms with Crippen LogP contribution in [-0.4, -0.2) is 52.4 Å². The molecule has 1 fully saturated rings. The number of carbonyl (C=O) groups excluding carboxylic acids is 2.